The minimum atomic E-state index is -1.14. The molecule has 196 valence electrons. The van der Waals surface area contributed by atoms with Gasteiger partial charge in [0.25, 0.3) is 5.91 Å². The van der Waals surface area contributed by atoms with Gasteiger partial charge in [0, 0.05) is 30.8 Å². The van der Waals surface area contributed by atoms with Crippen molar-refractivity contribution in [1.82, 2.24) is 10.4 Å². The fourth-order valence-electron chi connectivity index (χ4n) is 4.69. The van der Waals surface area contributed by atoms with Crippen LogP contribution >= 0.6 is 0 Å². The molecule has 8 heteroatoms. The molecule has 0 bridgehead atoms. The smallest absolute Gasteiger partial charge is 0.409 e. The number of hydroxylamine groups is 2. The van der Waals surface area contributed by atoms with Crippen molar-refractivity contribution in [3.8, 4) is 0 Å². The molecule has 2 amide bonds. The molecule has 38 heavy (non-hydrogen) atoms. The molecule has 0 aliphatic carbocycles. The third-order valence-electron chi connectivity index (χ3n) is 6.59. The SMILES string of the molecule is O=C(NC1N=C(c2ccccc2)c2ccccc2N(CCCON2CCCC2)C1=O)OCc1ccccc1. The standard InChI is InChI=1S/C30H32N4O4/c35-29-28(32-30(36)37-22-23-12-3-1-4-13-23)31-27(24-14-5-2-6-15-24)25-16-7-8-17-26(25)34(29)20-11-21-38-33-18-9-10-19-33/h1-8,12-17,28H,9-11,18-22H2,(H,32,36). The molecule has 2 heterocycles. The maximum absolute atomic E-state index is 13.8. The predicted molar refractivity (Wildman–Crippen MR) is 146 cm³/mol. The Morgan fingerprint density at radius 1 is 0.921 bits per heavy atom. The molecule has 1 atom stereocenters. The van der Waals surface area contributed by atoms with Crippen LogP contribution in [0.4, 0.5) is 10.5 Å². The summed E-state index contributed by atoms with van der Waals surface area (Å²) >= 11 is 0. The van der Waals surface area contributed by atoms with E-state index >= 15 is 0 Å². The van der Waals surface area contributed by atoms with E-state index in [2.05, 4.69) is 5.32 Å². The molecule has 0 saturated carbocycles. The summed E-state index contributed by atoms with van der Waals surface area (Å²) in [5.41, 5.74) is 3.93. The molecule has 3 aromatic rings. The third-order valence-corrected chi connectivity index (χ3v) is 6.59. The first-order chi connectivity index (χ1) is 18.7. The van der Waals surface area contributed by atoms with Crippen LogP contribution in [0.25, 0.3) is 0 Å². The van der Waals surface area contributed by atoms with Gasteiger partial charge in [0.05, 0.1) is 18.0 Å². The molecule has 1 N–H and O–H groups in total. The van der Waals surface area contributed by atoms with Gasteiger partial charge in [0.15, 0.2) is 0 Å². The number of ether oxygens (including phenoxy) is 1. The molecule has 1 saturated heterocycles. The zero-order chi connectivity index (χ0) is 26.2. The van der Waals surface area contributed by atoms with Crippen LogP contribution in [0.1, 0.15) is 36.0 Å². The van der Waals surface area contributed by atoms with Gasteiger partial charge in [-0.05, 0) is 30.9 Å². The number of hydrogen-bond acceptors (Lipinski definition) is 6. The number of nitrogens with zero attached hydrogens (tertiary/aromatic N) is 3. The Hall–Kier alpha value is -4.01. The number of carbonyl (C=O) groups is 2. The zero-order valence-electron chi connectivity index (χ0n) is 21.3. The van der Waals surface area contributed by atoms with Crippen LogP contribution < -0.4 is 10.2 Å². The molecular formula is C30H32N4O4. The summed E-state index contributed by atoms with van der Waals surface area (Å²) in [4.78, 5) is 39.0. The van der Waals surface area contributed by atoms with Crippen molar-refractivity contribution < 1.29 is 19.2 Å². The number of alkyl carbamates (subject to hydrolysis) is 1. The van der Waals surface area contributed by atoms with Gasteiger partial charge in [0.1, 0.15) is 6.61 Å². The number of benzene rings is 3. The van der Waals surface area contributed by atoms with Crippen molar-refractivity contribution in [2.24, 2.45) is 4.99 Å². The quantitative estimate of drug-likeness (QED) is 0.426. The topological polar surface area (TPSA) is 83.5 Å². The first-order valence-corrected chi connectivity index (χ1v) is 13.1. The fraction of sp³-hybridized carbons (Fsp3) is 0.300. The summed E-state index contributed by atoms with van der Waals surface area (Å²) in [6, 6.07) is 26.8. The van der Waals surface area contributed by atoms with Gasteiger partial charge in [-0.25, -0.2) is 9.79 Å². The summed E-state index contributed by atoms with van der Waals surface area (Å²) in [5.74, 6) is -0.318. The van der Waals surface area contributed by atoms with Crippen molar-refractivity contribution >= 4 is 23.4 Å². The molecule has 2 aliphatic rings. The molecule has 1 fully saturated rings. The van der Waals surface area contributed by atoms with E-state index in [-0.39, 0.29) is 12.5 Å². The number of hydrogen-bond donors (Lipinski definition) is 1. The van der Waals surface area contributed by atoms with Crippen LogP contribution in [0, 0.1) is 0 Å². The summed E-state index contributed by atoms with van der Waals surface area (Å²) in [6.45, 7) is 2.92. The van der Waals surface area contributed by atoms with E-state index in [9.17, 15) is 9.59 Å². The van der Waals surface area contributed by atoms with E-state index in [1.807, 2.05) is 90.0 Å². The normalized spacial score (nSPS) is 17.5. The Morgan fingerprint density at radius 2 is 1.61 bits per heavy atom. The molecule has 2 aliphatic heterocycles. The number of fused-ring (bicyclic) bond motifs is 1. The summed E-state index contributed by atoms with van der Waals surface area (Å²) < 4.78 is 5.41. The molecule has 1 unspecified atom stereocenters. The molecule has 0 spiro atoms. The zero-order valence-corrected chi connectivity index (χ0v) is 21.3. The number of rotatable bonds is 9. The maximum Gasteiger partial charge on any atom is 0.409 e. The first-order valence-electron chi connectivity index (χ1n) is 13.1. The Kier molecular flexibility index (Phi) is 8.42. The molecule has 0 aromatic heterocycles. The van der Waals surface area contributed by atoms with Gasteiger partial charge in [-0.15, -0.1) is 0 Å². The largest absolute Gasteiger partial charge is 0.445 e. The van der Waals surface area contributed by atoms with Gasteiger partial charge in [-0.2, -0.15) is 5.06 Å². The van der Waals surface area contributed by atoms with Gasteiger partial charge < -0.3 is 9.64 Å². The van der Waals surface area contributed by atoms with Crippen LogP contribution in [0.5, 0.6) is 0 Å². The number of carbonyl (C=O) groups excluding carboxylic acids is 2. The summed E-state index contributed by atoms with van der Waals surface area (Å²) in [6.07, 6.45) is 1.09. The van der Waals surface area contributed by atoms with E-state index in [1.165, 1.54) is 0 Å². The van der Waals surface area contributed by atoms with Gasteiger partial charge >= 0.3 is 6.09 Å². The van der Waals surface area contributed by atoms with E-state index in [0.717, 1.165) is 48.3 Å². The Bertz CT molecular complexity index is 1260. The Morgan fingerprint density at radius 3 is 2.37 bits per heavy atom. The van der Waals surface area contributed by atoms with Crippen molar-refractivity contribution in [2.75, 3.05) is 31.1 Å². The lowest BCUT2D eigenvalue weighted by Gasteiger charge is -2.26. The van der Waals surface area contributed by atoms with Gasteiger partial charge in [-0.1, -0.05) is 78.9 Å². The van der Waals surface area contributed by atoms with Crippen LogP contribution in [-0.2, 0) is 21.0 Å². The summed E-state index contributed by atoms with van der Waals surface area (Å²) in [5, 5.41) is 4.69. The number of benzodiazepines with no additional fused rings is 1. The third kappa shape index (κ3) is 6.27. The lowest BCUT2D eigenvalue weighted by Crippen LogP contribution is -2.48. The van der Waals surface area contributed by atoms with Crippen molar-refractivity contribution in [3.63, 3.8) is 0 Å². The van der Waals surface area contributed by atoms with Gasteiger partial charge in [-0.3, -0.25) is 14.9 Å². The highest BCUT2D eigenvalue weighted by atomic mass is 16.7. The van der Waals surface area contributed by atoms with Crippen molar-refractivity contribution in [3.05, 3.63) is 102 Å². The Labute approximate surface area is 222 Å². The highest BCUT2D eigenvalue weighted by Gasteiger charge is 2.33. The molecular weight excluding hydrogens is 480 g/mol. The minimum absolute atomic E-state index is 0.0978. The van der Waals surface area contributed by atoms with E-state index in [4.69, 9.17) is 14.6 Å². The maximum atomic E-state index is 13.8. The fourth-order valence-corrected chi connectivity index (χ4v) is 4.69. The second-order valence-corrected chi connectivity index (χ2v) is 9.28. The first kappa shape index (κ1) is 25.6. The number of nitrogens with one attached hydrogen (secondary N) is 1. The van der Waals surface area contributed by atoms with Crippen LogP contribution in [0.2, 0.25) is 0 Å². The number of anilines is 1. The second kappa shape index (κ2) is 12.5. The number of amides is 2. The van der Waals surface area contributed by atoms with Crippen molar-refractivity contribution in [2.45, 2.75) is 32.0 Å². The van der Waals surface area contributed by atoms with E-state index < -0.39 is 12.3 Å². The summed E-state index contributed by atoms with van der Waals surface area (Å²) in [7, 11) is 0. The second-order valence-electron chi connectivity index (χ2n) is 9.28. The van der Waals surface area contributed by atoms with Crippen LogP contribution in [-0.4, -0.2) is 55.2 Å². The average molecular weight is 513 g/mol. The highest BCUT2D eigenvalue weighted by Crippen LogP contribution is 2.28. The number of para-hydroxylation sites is 1. The lowest BCUT2D eigenvalue weighted by molar-refractivity contribution is -0.143. The average Bonchev–Trinajstić information content (AvgIpc) is 3.45. The minimum Gasteiger partial charge on any atom is -0.445 e. The molecule has 3 aromatic carbocycles. The molecule has 8 nitrogen and oxygen atoms in total. The van der Waals surface area contributed by atoms with Gasteiger partial charge in [0.2, 0.25) is 6.17 Å². The van der Waals surface area contributed by atoms with E-state index in [1.54, 1.807) is 4.90 Å². The monoisotopic (exact) mass is 512 g/mol. The Balaban J connectivity index is 1.38. The van der Waals surface area contributed by atoms with Crippen LogP contribution in [0.3, 0.4) is 0 Å². The lowest BCUT2D eigenvalue weighted by atomic mass is 10.0. The van der Waals surface area contributed by atoms with E-state index in [0.29, 0.717) is 25.3 Å². The number of aliphatic imine (C=N–C) groups is 1. The highest BCUT2D eigenvalue weighted by molar-refractivity contribution is 6.20. The van der Waals surface area contributed by atoms with Crippen LogP contribution in [0.15, 0.2) is 89.9 Å². The predicted octanol–water partition coefficient (Wildman–Crippen LogP) is 4.54. The molecule has 5 rings (SSSR count). The molecule has 0 radical (unpaired) electrons. The van der Waals surface area contributed by atoms with Crippen molar-refractivity contribution in [1.29, 1.82) is 0 Å².